The van der Waals surface area contributed by atoms with Crippen molar-refractivity contribution in [3.05, 3.63) is 35.9 Å². The molecule has 1 aromatic carbocycles. The van der Waals surface area contributed by atoms with Crippen molar-refractivity contribution < 1.29 is 4.74 Å². The molecule has 0 bridgehead atoms. The molecule has 0 fully saturated rings. The zero-order valence-corrected chi connectivity index (χ0v) is 11.1. The number of ether oxygens (including phenoxy) is 1. The quantitative estimate of drug-likeness (QED) is 0.687. The number of likely N-dealkylation sites (N-methyl/N-ethyl adjacent to an activating group) is 1. The average molecular weight is 223 g/mol. The molecule has 0 aromatic heterocycles. The van der Waals surface area contributed by atoms with Gasteiger partial charge >= 0.3 is 0 Å². The second kappa shape index (κ2) is 10.7. The molecule has 0 aliphatic carbocycles. The Kier molecular flexibility index (Phi) is 10.1. The topological polar surface area (TPSA) is 12.5 Å². The Bertz CT molecular complexity index is 236. The highest BCUT2D eigenvalue weighted by Gasteiger charge is 1.98. The smallest absolute Gasteiger partial charge is 0.0593 e. The molecule has 0 radical (unpaired) electrons. The van der Waals surface area contributed by atoms with Gasteiger partial charge in [-0.25, -0.2) is 0 Å². The van der Waals surface area contributed by atoms with Crippen LogP contribution in [0, 0.1) is 0 Å². The van der Waals surface area contributed by atoms with E-state index in [4.69, 9.17) is 4.74 Å². The first kappa shape index (κ1) is 15.1. The molecular weight excluding hydrogens is 198 g/mol. The highest BCUT2D eigenvalue weighted by molar-refractivity contribution is 5.14. The number of hydrogen-bond acceptors (Lipinski definition) is 2. The van der Waals surface area contributed by atoms with Crippen LogP contribution in [0.15, 0.2) is 30.3 Å². The van der Waals surface area contributed by atoms with Crippen LogP contribution in [0.5, 0.6) is 0 Å². The molecule has 1 aromatic rings. The van der Waals surface area contributed by atoms with Crippen LogP contribution in [0.3, 0.4) is 0 Å². The van der Waals surface area contributed by atoms with Gasteiger partial charge in [-0.05, 0) is 19.5 Å². The molecule has 0 atom stereocenters. The second-order valence-corrected chi connectivity index (χ2v) is 3.42. The molecular formula is C14H25NO. The summed E-state index contributed by atoms with van der Waals surface area (Å²) in [4.78, 5) is 2.27. The van der Waals surface area contributed by atoms with Crippen LogP contribution in [0.1, 0.15) is 26.3 Å². The highest BCUT2D eigenvalue weighted by atomic mass is 16.5. The van der Waals surface area contributed by atoms with E-state index in [1.165, 1.54) is 5.56 Å². The summed E-state index contributed by atoms with van der Waals surface area (Å²) in [7, 11) is 2.12. The third kappa shape index (κ3) is 7.43. The molecule has 0 aliphatic rings. The molecule has 16 heavy (non-hydrogen) atoms. The van der Waals surface area contributed by atoms with Crippen LogP contribution in [0.25, 0.3) is 0 Å². The SMILES string of the molecule is CC.CCOCCN(C)Cc1ccccc1. The summed E-state index contributed by atoms with van der Waals surface area (Å²) < 4.78 is 5.30. The number of benzene rings is 1. The molecule has 2 nitrogen and oxygen atoms in total. The molecule has 2 heteroatoms. The summed E-state index contributed by atoms with van der Waals surface area (Å²) in [5.74, 6) is 0. The maximum absolute atomic E-state index is 5.30. The van der Waals surface area contributed by atoms with Gasteiger partial charge in [0.25, 0.3) is 0 Å². The lowest BCUT2D eigenvalue weighted by atomic mass is 10.2. The van der Waals surface area contributed by atoms with E-state index in [2.05, 4.69) is 36.2 Å². The van der Waals surface area contributed by atoms with Crippen LogP contribution >= 0.6 is 0 Å². The Balaban J connectivity index is 0.00000106. The largest absolute Gasteiger partial charge is 0.380 e. The maximum atomic E-state index is 5.30. The van der Waals surface area contributed by atoms with E-state index in [-0.39, 0.29) is 0 Å². The summed E-state index contributed by atoms with van der Waals surface area (Å²) in [6.07, 6.45) is 0. The second-order valence-electron chi connectivity index (χ2n) is 3.42. The monoisotopic (exact) mass is 223 g/mol. The summed E-state index contributed by atoms with van der Waals surface area (Å²) in [5.41, 5.74) is 1.35. The van der Waals surface area contributed by atoms with E-state index in [0.29, 0.717) is 0 Å². The molecule has 0 saturated heterocycles. The van der Waals surface area contributed by atoms with E-state index in [9.17, 15) is 0 Å². The Morgan fingerprint density at radius 1 is 1.12 bits per heavy atom. The van der Waals surface area contributed by atoms with Gasteiger partial charge in [0.05, 0.1) is 6.61 Å². The number of hydrogen-bond donors (Lipinski definition) is 0. The zero-order valence-electron chi connectivity index (χ0n) is 11.1. The molecule has 0 amide bonds. The lowest BCUT2D eigenvalue weighted by Gasteiger charge is -2.16. The summed E-state index contributed by atoms with van der Waals surface area (Å²) in [5, 5.41) is 0. The number of nitrogens with zero attached hydrogens (tertiary/aromatic N) is 1. The van der Waals surface area contributed by atoms with Crippen LogP contribution in [-0.2, 0) is 11.3 Å². The number of rotatable bonds is 6. The summed E-state index contributed by atoms with van der Waals surface area (Å²) in [6.45, 7) is 9.63. The van der Waals surface area contributed by atoms with Crippen LogP contribution in [-0.4, -0.2) is 31.7 Å². The lowest BCUT2D eigenvalue weighted by Crippen LogP contribution is -2.22. The first-order valence-electron chi connectivity index (χ1n) is 6.13. The Morgan fingerprint density at radius 3 is 2.31 bits per heavy atom. The van der Waals surface area contributed by atoms with Crippen molar-refractivity contribution in [1.29, 1.82) is 0 Å². The van der Waals surface area contributed by atoms with Crippen LogP contribution in [0.4, 0.5) is 0 Å². The predicted molar refractivity (Wildman–Crippen MR) is 70.6 cm³/mol. The molecule has 0 unspecified atom stereocenters. The van der Waals surface area contributed by atoms with Crippen molar-refractivity contribution in [3.8, 4) is 0 Å². The van der Waals surface area contributed by atoms with Gasteiger partial charge < -0.3 is 4.74 Å². The van der Waals surface area contributed by atoms with Gasteiger partial charge in [0.1, 0.15) is 0 Å². The Hall–Kier alpha value is -0.860. The minimum Gasteiger partial charge on any atom is -0.380 e. The average Bonchev–Trinajstić information content (AvgIpc) is 2.33. The molecule has 0 spiro atoms. The van der Waals surface area contributed by atoms with Crippen molar-refractivity contribution in [2.45, 2.75) is 27.3 Å². The molecule has 92 valence electrons. The van der Waals surface area contributed by atoms with Gasteiger partial charge in [0.15, 0.2) is 0 Å². The van der Waals surface area contributed by atoms with Crippen LogP contribution < -0.4 is 0 Å². The fraction of sp³-hybridized carbons (Fsp3) is 0.571. The Morgan fingerprint density at radius 2 is 1.75 bits per heavy atom. The van der Waals surface area contributed by atoms with E-state index < -0.39 is 0 Å². The highest BCUT2D eigenvalue weighted by Crippen LogP contribution is 2.01. The van der Waals surface area contributed by atoms with Gasteiger partial charge in [0, 0.05) is 19.7 Å². The van der Waals surface area contributed by atoms with Crippen molar-refractivity contribution >= 4 is 0 Å². The molecule has 0 N–H and O–H groups in total. The summed E-state index contributed by atoms with van der Waals surface area (Å²) >= 11 is 0. The van der Waals surface area contributed by atoms with E-state index in [1.54, 1.807) is 0 Å². The van der Waals surface area contributed by atoms with E-state index >= 15 is 0 Å². The van der Waals surface area contributed by atoms with Crippen molar-refractivity contribution in [2.75, 3.05) is 26.8 Å². The predicted octanol–water partition coefficient (Wildman–Crippen LogP) is 3.18. The maximum Gasteiger partial charge on any atom is 0.0593 e. The Labute approximate surface area is 100 Å². The molecule has 0 heterocycles. The first-order valence-corrected chi connectivity index (χ1v) is 6.13. The molecule has 0 aliphatic heterocycles. The van der Waals surface area contributed by atoms with Crippen LogP contribution in [0.2, 0.25) is 0 Å². The van der Waals surface area contributed by atoms with Crippen molar-refractivity contribution in [3.63, 3.8) is 0 Å². The van der Waals surface area contributed by atoms with Crippen molar-refractivity contribution in [1.82, 2.24) is 4.90 Å². The van der Waals surface area contributed by atoms with E-state index in [1.807, 2.05) is 26.8 Å². The van der Waals surface area contributed by atoms with Gasteiger partial charge in [-0.15, -0.1) is 0 Å². The lowest BCUT2D eigenvalue weighted by molar-refractivity contribution is 0.120. The third-order valence-electron chi connectivity index (χ3n) is 2.12. The fourth-order valence-corrected chi connectivity index (χ4v) is 1.34. The van der Waals surface area contributed by atoms with Crippen molar-refractivity contribution in [2.24, 2.45) is 0 Å². The van der Waals surface area contributed by atoms with Gasteiger partial charge in [-0.1, -0.05) is 44.2 Å². The minimum atomic E-state index is 0.805. The fourth-order valence-electron chi connectivity index (χ4n) is 1.34. The molecule has 0 saturated carbocycles. The first-order chi connectivity index (χ1) is 7.83. The minimum absolute atomic E-state index is 0.805. The third-order valence-corrected chi connectivity index (χ3v) is 2.12. The zero-order chi connectivity index (χ0) is 12.2. The normalized spacial score (nSPS) is 9.81. The van der Waals surface area contributed by atoms with Gasteiger partial charge in [-0.2, -0.15) is 0 Å². The molecule has 1 rings (SSSR count). The van der Waals surface area contributed by atoms with E-state index in [0.717, 1.165) is 26.3 Å². The van der Waals surface area contributed by atoms with Gasteiger partial charge in [0.2, 0.25) is 0 Å². The summed E-state index contributed by atoms with van der Waals surface area (Å²) in [6, 6.07) is 10.5. The van der Waals surface area contributed by atoms with Gasteiger partial charge in [-0.3, -0.25) is 4.90 Å². The standard InChI is InChI=1S/C12H19NO.C2H6/c1-3-14-10-9-13(2)11-12-7-5-4-6-8-12;1-2/h4-8H,3,9-11H2,1-2H3;1-2H3.